The van der Waals surface area contributed by atoms with E-state index < -0.39 is 16.3 Å². The summed E-state index contributed by atoms with van der Waals surface area (Å²) in [4.78, 5) is 37.3. The van der Waals surface area contributed by atoms with Crippen molar-refractivity contribution in [1.82, 2.24) is 14.7 Å². The van der Waals surface area contributed by atoms with Crippen LogP contribution in [0.4, 0.5) is 5.69 Å². The molecular formula is C19H25N5O4. The Morgan fingerprint density at radius 3 is 2.61 bits per heavy atom. The Hall–Kier alpha value is -3.07. The number of nitrogens with zero attached hydrogens (tertiary/aromatic N) is 4. The molecular weight excluding hydrogens is 362 g/mol. The number of amides is 1. The lowest BCUT2D eigenvalue weighted by Crippen LogP contribution is -2.37. The number of carbonyl (C=O) groups excluding carboxylic acids is 1. The Balaban J connectivity index is 2.40. The SMILES string of the molecule is Cc1cc(=O)c(C(=O)N(C)CCC(N)C(C)C)nn1-c1ccccc1[N+](=O)[O-]. The number of nitro benzene ring substituents is 1. The van der Waals surface area contributed by atoms with Gasteiger partial charge in [-0.1, -0.05) is 26.0 Å². The Labute approximate surface area is 162 Å². The quantitative estimate of drug-likeness (QED) is 0.571. The molecule has 0 radical (unpaired) electrons. The van der Waals surface area contributed by atoms with Crippen molar-refractivity contribution < 1.29 is 9.72 Å². The third-order valence-electron chi connectivity index (χ3n) is 4.62. The molecule has 150 valence electrons. The minimum absolute atomic E-state index is 0.0650. The zero-order valence-electron chi connectivity index (χ0n) is 16.5. The maximum absolute atomic E-state index is 12.7. The van der Waals surface area contributed by atoms with Gasteiger partial charge in [0.05, 0.1) is 4.92 Å². The van der Waals surface area contributed by atoms with Gasteiger partial charge >= 0.3 is 0 Å². The van der Waals surface area contributed by atoms with Crippen molar-refractivity contribution in [2.45, 2.75) is 33.2 Å². The second-order valence-electron chi connectivity index (χ2n) is 7.08. The van der Waals surface area contributed by atoms with Crippen LogP contribution < -0.4 is 11.2 Å². The molecule has 0 aliphatic rings. The van der Waals surface area contributed by atoms with Gasteiger partial charge < -0.3 is 10.6 Å². The van der Waals surface area contributed by atoms with E-state index >= 15 is 0 Å². The first-order chi connectivity index (χ1) is 13.1. The summed E-state index contributed by atoms with van der Waals surface area (Å²) in [7, 11) is 1.58. The van der Waals surface area contributed by atoms with Crippen LogP contribution in [0.3, 0.4) is 0 Å². The number of benzene rings is 1. The monoisotopic (exact) mass is 387 g/mol. The minimum atomic E-state index is -0.548. The number of rotatable bonds is 7. The van der Waals surface area contributed by atoms with Crippen LogP contribution in [0.1, 0.15) is 36.5 Å². The number of nitro groups is 1. The van der Waals surface area contributed by atoms with E-state index in [4.69, 9.17) is 5.73 Å². The number of carbonyl (C=O) groups is 1. The van der Waals surface area contributed by atoms with Gasteiger partial charge in [0, 0.05) is 37.5 Å². The molecule has 1 atom stereocenters. The van der Waals surface area contributed by atoms with Gasteiger partial charge in [-0.3, -0.25) is 19.7 Å². The predicted octanol–water partition coefficient (Wildman–Crippen LogP) is 1.89. The molecule has 2 N–H and O–H groups in total. The highest BCUT2D eigenvalue weighted by Crippen LogP contribution is 2.22. The molecule has 2 rings (SSSR count). The van der Waals surface area contributed by atoms with Gasteiger partial charge in [-0.15, -0.1) is 0 Å². The Bertz CT molecular complexity index is 938. The summed E-state index contributed by atoms with van der Waals surface area (Å²) in [5.74, 6) is -0.273. The summed E-state index contributed by atoms with van der Waals surface area (Å²) in [5, 5.41) is 15.5. The van der Waals surface area contributed by atoms with E-state index in [0.717, 1.165) is 0 Å². The van der Waals surface area contributed by atoms with Crippen molar-refractivity contribution in [3.63, 3.8) is 0 Å². The van der Waals surface area contributed by atoms with Gasteiger partial charge in [-0.05, 0) is 25.3 Å². The lowest BCUT2D eigenvalue weighted by atomic mass is 10.0. The standard InChI is InChI=1S/C19H25N5O4/c1-12(2)14(20)9-10-22(4)19(26)18-17(25)11-13(3)23(21-18)15-7-5-6-8-16(15)24(27)28/h5-8,11-12,14H,9-10,20H2,1-4H3. The second kappa shape index (κ2) is 8.75. The highest BCUT2D eigenvalue weighted by molar-refractivity contribution is 5.91. The lowest BCUT2D eigenvalue weighted by Gasteiger charge is -2.21. The Morgan fingerprint density at radius 2 is 2.00 bits per heavy atom. The summed E-state index contributed by atoms with van der Waals surface area (Å²) < 4.78 is 1.25. The first kappa shape index (κ1) is 21.2. The zero-order chi connectivity index (χ0) is 21.0. The van der Waals surface area contributed by atoms with E-state index in [-0.39, 0.29) is 29.0 Å². The fourth-order valence-corrected chi connectivity index (χ4v) is 2.70. The van der Waals surface area contributed by atoms with E-state index in [1.165, 1.54) is 33.8 Å². The summed E-state index contributed by atoms with van der Waals surface area (Å²) in [5.41, 5.74) is 5.60. The largest absolute Gasteiger partial charge is 0.340 e. The van der Waals surface area contributed by atoms with Crippen LogP contribution in [0.15, 0.2) is 35.1 Å². The Morgan fingerprint density at radius 1 is 1.36 bits per heavy atom. The average Bonchev–Trinajstić information content (AvgIpc) is 2.65. The molecule has 1 aromatic heterocycles. The summed E-state index contributed by atoms with van der Waals surface area (Å²) in [6, 6.07) is 7.21. The molecule has 9 heteroatoms. The predicted molar refractivity (Wildman–Crippen MR) is 106 cm³/mol. The van der Waals surface area contributed by atoms with Crippen molar-refractivity contribution in [2.75, 3.05) is 13.6 Å². The molecule has 1 heterocycles. The molecule has 28 heavy (non-hydrogen) atoms. The fourth-order valence-electron chi connectivity index (χ4n) is 2.70. The molecule has 0 aliphatic carbocycles. The maximum atomic E-state index is 12.7. The number of aryl methyl sites for hydroxylation is 1. The van der Waals surface area contributed by atoms with E-state index in [9.17, 15) is 19.7 Å². The molecule has 0 fully saturated rings. The fraction of sp³-hybridized carbons (Fsp3) is 0.421. The number of hydrogen-bond acceptors (Lipinski definition) is 6. The first-order valence-corrected chi connectivity index (χ1v) is 8.99. The zero-order valence-corrected chi connectivity index (χ0v) is 16.5. The number of nitrogens with two attached hydrogens (primary N) is 1. The molecule has 1 aromatic carbocycles. The number of para-hydroxylation sites is 2. The van der Waals surface area contributed by atoms with Crippen molar-refractivity contribution in [1.29, 1.82) is 0 Å². The van der Waals surface area contributed by atoms with E-state index in [2.05, 4.69) is 5.10 Å². The Kier molecular flexibility index (Phi) is 6.63. The molecule has 0 saturated carbocycles. The number of hydrogen-bond donors (Lipinski definition) is 1. The minimum Gasteiger partial charge on any atom is -0.340 e. The third kappa shape index (κ3) is 4.61. The average molecular weight is 387 g/mol. The maximum Gasteiger partial charge on any atom is 0.294 e. The molecule has 0 saturated heterocycles. The summed E-state index contributed by atoms with van der Waals surface area (Å²) in [6.45, 7) is 5.97. The van der Waals surface area contributed by atoms with Crippen LogP contribution >= 0.6 is 0 Å². The normalized spacial score (nSPS) is 12.1. The van der Waals surface area contributed by atoms with Gasteiger partial charge in [0.15, 0.2) is 5.69 Å². The van der Waals surface area contributed by atoms with Gasteiger partial charge in [0.1, 0.15) is 5.69 Å². The summed E-state index contributed by atoms with van der Waals surface area (Å²) >= 11 is 0. The molecule has 0 bridgehead atoms. The topological polar surface area (TPSA) is 124 Å². The van der Waals surface area contributed by atoms with E-state index in [0.29, 0.717) is 18.7 Å². The highest BCUT2D eigenvalue weighted by Gasteiger charge is 2.22. The second-order valence-corrected chi connectivity index (χ2v) is 7.08. The third-order valence-corrected chi connectivity index (χ3v) is 4.62. The molecule has 1 amide bonds. The van der Waals surface area contributed by atoms with Gasteiger partial charge in [-0.25, -0.2) is 4.68 Å². The molecule has 1 unspecified atom stereocenters. The van der Waals surface area contributed by atoms with Crippen molar-refractivity contribution >= 4 is 11.6 Å². The van der Waals surface area contributed by atoms with Crippen LogP contribution in [0.5, 0.6) is 0 Å². The van der Waals surface area contributed by atoms with Crippen LogP contribution in [0, 0.1) is 23.0 Å². The van der Waals surface area contributed by atoms with Crippen molar-refractivity contribution in [2.24, 2.45) is 11.7 Å². The van der Waals surface area contributed by atoms with Crippen LogP contribution in [-0.4, -0.2) is 45.1 Å². The smallest absolute Gasteiger partial charge is 0.294 e. The van der Waals surface area contributed by atoms with Gasteiger partial charge in [0.25, 0.3) is 11.6 Å². The van der Waals surface area contributed by atoms with Crippen LogP contribution in [-0.2, 0) is 0 Å². The molecule has 0 aliphatic heterocycles. The molecule has 0 spiro atoms. The first-order valence-electron chi connectivity index (χ1n) is 8.99. The van der Waals surface area contributed by atoms with Crippen molar-refractivity contribution in [3.05, 3.63) is 62.1 Å². The van der Waals surface area contributed by atoms with Crippen molar-refractivity contribution in [3.8, 4) is 5.69 Å². The van der Waals surface area contributed by atoms with E-state index in [1.807, 2.05) is 13.8 Å². The van der Waals surface area contributed by atoms with Gasteiger partial charge in [-0.2, -0.15) is 5.10 Å². The highest BCUT2D eigenvalue weighted by atomic mass is 16.6. The molecule has 9 nitrogen and oxygen atoms in total. The summed E-state index contributed by atoms with van der Waals surface area (Å²) in [6.07, 6.45) is 0.587. The van der Waals surface area contributed by atoms with E-state index in [1.54, 1.807) is 20.0 Å². The van der Waals surface area contributed by atoms with Crippen LogP contribution in [0.2, 0.25) is 0 Å². The van der Waals surface area contributed by atoms with Crippen LogP contribution in [0.25, 0.3) is 5.69 Å². The lowest BCUT2D eigenvalue weighted by molar-refractivity contribution is -0.384. The van der Waals surface area contributed by atoms with Gasteiger partial charge in [0.2, 0.25) is 5.43 Å². The molecule has 2 aromatic rings. The number of aromatic nitrogens is 2.